The molecule has 8 heteroatoms. The van der Waals surface area contributed by atoms with Crippen molar-refractivity contribution in [3.8, 4) is 5.88 Å². The lowest BCUT2D eigenvalue weighted by molar-refractivity contribution is -0.129. The lowest BCUT2D eigenvalue weighted by Gasteiger charge is -2.19. The average molecular weight is 344 g/mol. The molecule has 0 unspecified atom stereocenters. The molecule has 3 heterocycles. The quantitative estimate of drug-likeness (QED) is 0.853. The van der Waals surface area contributed by atoms with Crippen LogP contribution in [0.5, 0.6) is 5.88 Å². The molecule has 0 saturated carbocycles. The SMILES string of the molecule is CCOc1cc(N[C@@H]2CN(C(=O)CC)C[C@H]2c2cn(C)cn2)ncn1. The fraction of sp³-hybridized carbons (Fsp3) is 0.529. The summed E-state index contributed by atoms with van der Waals surface area (Å²) in [6.45, 7) is 5.64. The molecule has 8 nitrogen and oxygen atoms in total. The monoisotopic (exact) mass is 344 g/mol. The van der Waals surface area contributed by atoms with Crippen molar-refractivity contribution >= 4 is 11.7 Å². The van der Waals surface area contributed by atoms with E-state index in [4.69, 9.17) is 4.74 Å². The minimum atomic E-state index is 0.0368. The normalized spacial score (nSPS) is 19.9. The van der Waals surface area contributed by atoms with E-state index >= 15 is 0 Å². The first kappa shape index (κ1) is 17.2. The van der Waals surface area contributed by atoms with Gasteiger partial charge in [-0.15, -0.1) is 0 Å². The molecule has 1 saturated heterocycles. The van der Waals surface area contributed by atoms with Gasteiger partial charge in [0.2, 0.25) is 11.8 Å². The minimum absolute atomic E-state index is 0.0368. The van der Waals surface area contributed by atoms with E-state index in [-0.39, 0.29) is 17.9 Å². The van der Waals surface area contributed by atoms with Crippen LogP contribution in [0.3, 0.4) is 0 Å². The van der Waals surface area contributed by atoms with Gasteiger partial charge in [-0.2, -0.15) is 0 Å². The maximum atomic E-state index is 12.2. The van der Waals surface area contributed by atoms with Crippen molar-refractivity contribution in [3.63, 3.8) is 0 Å². The van der Waals surface area contributed by atoms with Gasteiger partial charge >= 0.3 is 0 Å². The number of amides is 1. The van der Waals surface area contributed by atoms with Gasteiger partial charge < -0.3 is 19.5 Å². The second-order valence-electron chi connectivity index (χ2n) is 6.15. The number of rotatable bonds is 6. The predicted octanol–water partition coefficient (Wildman–Crippen LogP) is 1.43. The van der Waals surface area contributed by atoms with Crippen molar-refractivity contribution in [1.82, 2.24) is 24.4 Å². The number of carbonyl (C=O) groups is 1. The smallest absolute Gasteiger partial charge is 0.222 e. The molecule has 2 aromatic heterocycles. The summed E-state index contributed by atoms with van der Waals surface area (Å²) in [4.78, 5) is 26.9. The first-order valence-corrected chi connectivity index (χ1v) is 8.57. The van der Waals surface area contributed by atoms with E-state index < -0.39 is 0 Å². The molecule has 0 aliphatic carbocycles. The van der Waals surface area contributed by atoms with Crippen LogP contribution in [0, 0.1) is 0 Å². The molecular weight excluding hydrogens is 320 g/mol. The molecular formula is C17H24N6O2. The molecule has 1 N–H and O–H groups in total. The summed E-state index contributed by atoms with van der Waals surface area (Å²) in [7, 11) is 1.95. The van der Waals surface area contributed by atoms with Crippen molar-refractivity contribution in [3.05, 3.63) is 30.6 Å². The third kappa shape index (κ3) is 3.89. The molecule has 2 atom stereocenters. The van der Waals surface area contributed by atoms with E-state index in [1.165, 1.54) is 6.33 Å². The molecule has 3 rings (SSSR count). The first-order valence-electron chi connectivity index (χ1n) is 8.57. The Kier molecular flexibility index (Phi) is 5.16. The van der Waals surface area contributed by atoms with Gasteiger partial charge in [-0.05, 0) is 6.92 Å². The Bertz CT molecular complexity index is 731. The molecule has 0 bridgehead atoms. The highest BCUT2D eigenvalue weighted by molar-refractivity contribution is 5.76. The van der Waals surface area contributed by atoms with Crippen molar-refractivity contribution in [1.29, 1.82) is 0 Å². The van der Waals surface area contributed by atoms with Gasteiger partial charge in [0.1, 0.15) is 12.1 Å². The number of nitrogens with zero attached hydrogens (tertiary/aromatic N) is 5. The highest BCUT2D eigenvalue weighted by atomic mass is 16.5. The summed E-state index contributed by atoms with van der Waals surface area (Å²) in [6.07, 6.45) is 5.77. The van der Waals surface area contributed by atoms with Crippen LogP contribution in [0.2, 0.25) is 0 Å². The summed E-state index contributed by atoms with van der Waals surface area (Å²) in [5.74, 6) is 1.49. The lowest BCUT2D eigenvalue weighted by Crippen LogP contribution is -2.31. The number of ether oxygens (including phenoxy) is 1. The Morgan fingerprint density at radius 3 is 2.84 bits per heavy atom. The second-order valence-corrected chi connectivity index (χ2v) is 6.15. The number of likely N-dealkylation sites (tertiary alicyclic amines) is 1. The molecule has 0 radical (unpaired) electrons. The van der Waals surface area contributed by atoms with Crippen LogP contribution < -0.4 is 10.1 Å². The van der Waals surface area contributed by atoms with Gasteiger partial charge in [0, 0.05) is 44.7 Å². The molecule has 25 heavy (non-hydrogen) atoms. The zero-order valence-electron chi connectivity index (χ0n) is 14.8. The van der Waals surface area contributed by atoms with Gasteiger partial charge in [-0.3, -0.25) is 4.79 Å². The number of imidazole rings is 1. The summed E-state index contributed by atoms with van der Waals surface area (Å²) < 4.78 is 7.36. The molecule has 1 fully saturated rings. The number of anilines is 1. The number of carbonyl (C=O) groups excluding carboxylic acids is 1. The number of hydrogen-bond donors (Lipinski definition) is 1. The van der Waals surface area contributed by atoms with Crippen LogP contribution in [0.4, 0.5) is 5.82 Å². The Hall–Kier alpha value is -2.64. The zero-order chi connectivity index (χ0) is 17.8. The van der Waals surface area contributed by atoms with E-state index in [0.717, 1.165) is 5.69 Å². The molecule has 2 aromatic rings. The third-order valence-corrected chi connectivity index (χ3v) is 4.35. The summed E-state index contributed by atoms with van der Waals surface area (Å²) in [6, 6.07) is 1.82. The van der Waals surface area contributed by atoms with Gasteiger partial charge in [-0.25, -0.2) is 15.0 Å². The largest absolute Gasteiger partial charge is 0.478 e. The number of aromatic nitrogens is 4. The highest BCUT2D eigenvalue weighted by Gasteiger charge is 2.37. The van der Waals surface area contributed by atoms with E-state index in [0.29, 0.717) is 37.8 Å². The van der Waals surface area contributed by atoms with E-state index in [1.807, 2.05) is 36.6 Å². The Morgan fingerprint density at radius 2 is 2.16 bits per heavy atom. The Balaban J connectivity index is 1.80. The molecule has 0 spiro atoms. The highest BCUT2D eigenvalue weighted by Crippen LogP contribution is 2.29. The van der Waals surface area contributed by atoms with Gasteiger partial charge in [-0.1, -0.05) is 6.92 Å². The first-order chi connectivity index (χ1) is 12.1. The van der Waals surface area contributed by atoms with E-state index in [9.17, 15) is 4.79 Å². The maximum absolute atomic E-state index is 12.2. The maximum Gasteiger partial charge on any atom is 0.222 e. The summed E-state index contributed by atoms with van der Waals surface area (Å²) in [5, 5.41) is 3.43. The van der Waals surface area contributed by atoms with Gasteiger partial charge in [0.15, 0.2) is 0 Å². The standard InChI is InChI=1S/C17H24N6O2/c1-4-17(24)23-7-12(13-8-22(3)11-20-13)14(9-23)21-15-6-16(25-5-2)19-10-18-15/h6,8,10-12,14H,4-5,7,9H2,1-3H3,(H,18,19,21)/t12-,14+/m0/s1. The topological polar surface area (TPSA) is 85.2 Å². The van der Waals surface area contributed by atoms with Crippen LogP contribution >= 0.6 is 0 Å². The van der Waals surface area contributed by atoms with Crippen LogP contribution in [0.15, 0.2) is 24.9 Å². The summed E-state index contributed by atoms with van der Waals surface area (Å²) >= 11 is 0. The van der Waals surface area contributed by atoms with Crippen molar-refractivity contribution in [2.45, 2.75) is 32.2 Å². The van der Waals surface area contributed by atoms with Gasteiger partial charge in [0.05, 0.1) is 24.7 Å². The fourth-order valence-electron chi connectivity index (χ4n) is 3.14. The Labute approximate surface area is 147 Å². The van der Waals surface area contributed by atoms with E-state index in [2.05, 4.69) is 20.3 Å². The number of hydrogen-bond acceptors (Lipinski definition) is 6. The third-order valence-electron chi connectivity index (χ3n) is 4.35. The fourth-order valence-corrected chi connectivity index (χ4v) is 3.14. The summed E-state index contributed by atoms with van der Waals surface area (Å²) in [5.41, 5.74) is 0.977. The lowest BCUT2D eigenvalue weighted by atomic mass is 10.0. The van der Waals surface area contributed by atoms with Crippen LogP contribution in [0.25, 0.3) is 0 Å². The second kappa shape index (κ2) is 7.50. The number of nitrogens with one attached hydrogen (secondary N) is 1. The van der Waals surface area contributed by atoms with Crippen molar-refractivity contribution < 1.29 is 9.53 Å². The average Bonchev–Trinajstić information content (AvgIpc) is 3.21. The molecule has 1 amide bonds. The van der Waals surface area contributed by atoms with Gasteiger partial charge in [0.25, 0.3) is 0 Å². The zero-order valence-corrected chi connectivity index (χ0v) is 14.8. The molecule has 134 valence electrons. The van der Waals surface area contributed by atoms with Crippen LogP contribution in [0.1, 0.15) is 31.9 Å². The van der Waals surface area contributed by atoms with Crippen molar-refractivity contribution in [2.24, 2.45) is 7.05 Å². The van der Waals surface area contributed by atoms with E-state index in [1.54, 1.807) is 12.4 Å². The molecule has 0 aromatic carbocycles. The van der Waals surface area contributed by atoms with Crippen LogP contribution in [-0.4, -0.2) is 56.1 Å². The molecule has 1 aliphatic heterocycles. The number of aryl methyl sites for hydroxylation is 1. The predicted molar refractivity (Wildman–Crippen MR) is 93.4 cm³/mol. The molecule has 1 aliphatic rings. The van der Waals surface area contributed by atoms with Crippen molar-refractivity contribution in [2.75, 3.05) is 25.0 Å². The minimum Gasteiger partial charge on any atom is -0.478 e. The Morgan fingerprint density at radius 1 is 1.32 bits per heavy atom. The van der Waals surface area contributed by atoms with Crippen LogP contribution in [-0.2, 0) is 11.8 Å².